The van der Waals surface area contributed by atoms with Gasteiger partial charge in [0.15, 0.2) is 5.78 Å². The van der Waals surface area contributed by atoms with Crippen LogP contribution in [0, 0.1) is 11.3 Å². The zero-order chi connectivity index (χ0) is 19.7. The van der Waals surface area contributed by atoms with E-state index < -0.39 is 0 Å². The van der Waals surface area contributed by atoms with Crippen LogP contribution >= 0.6 is 0 Å². The van der Waals surface area contributed by atoms with E-state index in [1.807, 2.05) is 6.08 Å². The fraction of sp³-hybridized carbons (Fsp3) is 0.833. The smallest absolute Gasteiger partial charge is 0.152 e. The van der Waals surface area contributed by atoms with E-state index in [2.05, 4.69) is 19.9 Å². The Morgan fingerprint density at radius 3 is 1.58 bits per heavy atom. The first-order valence-electron chi connectivity index (χ1n) is 11.2. The first-order chi connectivity index (χ1) is 12.7. The predicted molar refractivity (Wildman–Crippen MR) is 115 cm³/mol. The van der Waals surface area contributed by atoms with Gasteiger partial charge in [-0.1, -0.05) is 103 Å². The van der Waals surface area contributed by atoms with Crippen molar-refractivity contribution in [3.05, 3.63) is 12.2 Å². The van der Waals surface area contributed by atoms with Crippen molar-refractivity contribution in [3.63, 3.8) is 0 Å². The lowest BCUT2D eigenvalue weighted by Crippen LogP contribution is -1.81. The van der Waals surface area contributed by atoms with Crippen molar-refractivity contribution in [2.75, 3.05) is 0 Å². The molecule has 0 bridgehead atoms. The molecule has 0 aromatic rings. The monoisotopic (exact) mass is 363 g/mol. The third-order valence-corrected chi connectivity index (χ3v) is 4.47. The first kappa shape index (κ1) is 27.1. The molecule has 0 saturated heterocycles. The summed E-state index contributed by atoms with van der Waals surface area (Å²) in [6.07, 6.45) is 25.4. The van der Waals surface area contributed by atoms with Gasteiger partial charge >= 0.3 is 0 Å². The lowest BCUT2D eigenvalue weighted by Gasteiger charge is -1.99. The van der Waals surface area contributed by atoms with Crippen molar-refractivity contribution < 1.29 is 4.79 Å². The Hall–Kier alpha value is -1.10. The number of ketones is 1. The Labute approximate surface area is 164 Å². The van der Waals surface area contributed by atoms with E-state index in [0.717, 1.165) is 19.3 Å². The van der Waals surface area contributed by atoms with Crippen LogP contribution in [-0.2, 0) is 4.79 Å². The van der Waals surface area contributed by atoms with Gasteiger partial charge in [-0.3, -0.25) is 4.79 Å². The summed E-state index contributed by atoms with van der Waals surface area (Å²) in [7, 11) is 0. The van der Waals surface area contributed by atoms with Crippen molar-refractivity contribution >= 4 is 5.78 Å². The Balaban J connectivity index is 0. The molecule has 0 saturated carbocycles. The largest absolute Gasteiger partial charge is 0.295 e. The third kappa shape index (κ3) is 30.7. The maximum Gasteiger partial charge on any atom is 0.152 e. The number of hydrogen-bond acceptors (Lipinski definition) is 2. The highest BCUT2D eigenvalue weighted by Gasteiger charge is 1.91. The Kier molecular flexibility index (Phi) is 27.3. The van der Waals surface area contributed by atoms with Crippen molar-refractivity contribution in [3.8, 4) is 6.07 Å². The van der Waals surface area contributed by atoms with Gasteiger partial charge in [-0.2, -0.15) is 5.26 Å². The second-order valence-corrected chi connectivity index (χ2v) is 7.31. The maximum absolute atomic E-state index is 10.5. The predicted octanol–water partition coefficient (Wildman–Crippen LogP) is 8.31. The molecule has 0 rings (SSSR count). The van der Waals surface area contributed by atoms with E-state index in [9.17, 15) is 4.79 Å². The van der Waals surface area contributed by atoms with Gasteiger partial charge in [0.25, 0.3) is 0 Å². The molecule has 26 heavy (non-hydrogen) atoms. The highest BCUT2D eigenvalue weighted by molar-refractivity contribution is 5.87. The fourth-order valence-electron chi connectivity index (χ4n) is 2.81. The van der Waals surface area contributed by atoms with Crippen LogP contribution in [0.2, 0.25) is 0 Å². The van der Waals surface area contributed by atoms with E-state index in [0.29, 0.717) is 0 Å². The van der Waals surface area contributed by atoms with E-state index in [4.69, 9.17) is 5.26 Å². The van der Waals surface area contributed by atoms with Crippen LogP contribution in [0.15, 0.2) is 12.2 Å². The van der Waals surface area contributed by atoms with Crippen molar-refractivity contribution in [1.29, 1.82) is 5.26 Å². The van der Waals surface area contributed by atoms with Crippen molar-refractivity contribution in [1.82, 2.24) is 0 Å². The topological polar surface area (TPSA) is 40.9 Å². The average Bonchev–Trinajstić information content (AvgIpc) is 2.63. The molecule has 0 aliphatic rings. The second-order valence-electron chi connectivity index (χ2n) is 7.31. The number of unbranched alkanes of at least 4 members (excludes halogenated alkanes) is 15. The highest BCUT2D eigenvalue weighted by Crippen LogP contribution is 2.10. The minimum atomic E-state index is 0.158. The van der Waals surface area contributed by atoms with Gasteiger partial charge in [-0.25, -0.2) is 0 Å². The number of carbonyl (C=O) groups excluding carboxylic acids is 1. The molecule has 0 fully saturated rings. The standard InChI is InChI=1S/C12H23N.C12H22O/c1-2-3-4-5-6-7-8-9-10-11-12-13;1-3-4-5-6-7-8-9-10-11-12(2)13/h2-11H2,1H3;10-11H,3-9H2,1-2H3. The van der Waals surface area contributed by atoms with Gasteiger partial charge in [0.1, 0.15) is 0 Å². The van der Waals surface area contributed by atoms with Crippen molar-refractivity contribution in [2.24, 2.45) is 0 Å². The summed E-state index contributed by atoms with van der Waals surface area (Å²) in [5.74, 6) is 0.158. The van der Waals surface area contributed by atoms with Crippen molar-refractivity contribution in [2.45, 2.75) is 130 Å². The van der Waals surface area contributed by atoms with E-state index in [1.165, 1.54) is 89.9 Å². The second kappa shape index (κ2) is 26.1. The SMILES string of the molecule is CCCCCCCCC=CC(C)=O.CCCCCCCCCCCC#N. The number of nitrogens with zero attached hydrogens (tertiary/aromatic N) is 1. The zero-order valence-corrected chi connectivity index (χ0v) is 18.0. The van der Waals surface area contributed by atoms with E-state index in [1.54, 1.807) is 13.0 Å². The normalized spacial score (nSPS) is 10.4. The molecule has 2 heteroatoms. The summed E-state index contributed by atoms with van der Waals surface area (Å²) in [6.45, 7) is 6.08. The van der Waals surface area contributed by atoms with Gasteiger partial charge in [0, 0.05) is 6.42 Å². The highest BCUT2D eigenvalue weighted by atomic mass is 16.1. The molecular formula is C24H45NO. The third-order valence-electron chi connectivity index (χ3n) is 4.47. The minimum absolute atomic E-state index is 0.158. The molecule has 0 N–H and O–H groups in total. The van der Waals surface area contributed by atoms with Crippen LogP contribution in [0.5, 0.6) is 0 Å². The first-order valence-corrected chi connectivity index (χ1v) is 11.2. The van der Waals surface area contributed by atoms with Crippen LogP contribution in [0.3, 0.4) is 0 Å². The minimum Gasteiger partial charge on any atom is -0.295 e. The molecule has 0 heterocycles. The molecule has 2 nitrogen and oxygen atoms in total. The van der Waals surface area contributed by atoms with Crippen LogP contribution < -0.4 is 0 Å². The van der Waals surface area contributed by atoms with Crippen LogP contribution in [0.4, 0.5) is 0 Å². The Morgan fingerprint density at radius 2 is 1.15 bits per heavy atom. The molecule has 0 aliphatic heterocycles. The summed E-state index contributed by atoms with van der Waals surface area (Å²) in [5.41, 5.74) is 0. The molecule has 0 aliphatic carbocycles. The molecule has 0 unspecified atom stereocenters. The van der Waals surface area contributed by atoms with E-state index >= 15 is 0 Å². The van der Waals surface area contributed by atoms with Gasteiger partial charge in [0.2, 0.25) is 0 Å². The Morgan fingerprint density at radius 1 is 0.731 bits per heavy atom. The zero-order valence-electron chi connectivity index (χ0n) is 18.0. The lowest BCUT2D eigenvalue weighted by atomic mass is 10.1. The summed E-state index contributed by atoms with van der Waals surface area (Å²) < 4.78 is 0. The molecule has 0 aromatic carbocycles. The molecule has 0 amide bonds. The summed E-state index contributed by atoms with van der Waals surface area (Å²) in [5, 5.41) is 8.32. The molecule has 0 spiro atoms. The summed E-state index contributed by atoms with van der Waals surface area (Å²) in [6, 6.07) is 2.19. The number of nitriles is 1. The summed E-state index contributed by atoms with van der Waals surface area (Å²) >= 11 is 0. The van der Waals surface area contributed by atoms with Crippen LogP contribution in [0.25, 0.3) is 0 Å². The van der Waals surface area contributed by atoms with Gasteiger partial charge < -0.3 is 0 Å². The van der Waals surface area contributed by atoms with Gasteiger partial charge in [-0.15, -0.1) is 0 Å². The molecule has 0 radical (unpaired) electrons. The van der Waals surface area contributed by atoms with Gasteiger partial charge in [-0.05, 0) is 32.3 Å². The average molecular weight is 364 g/mol. The molecule has 152 valence electrons. The number of hydrogen-bond donors (Lipinski definition) is 0. The molecule has 0 atom stereocenters. The maximum atomic E-state index is 10.5. The van der Waals surface area contributed by atoms with E-state index in [-0.39, 0.29) is 5.78 Å². The van der Waals surface area contributed by atoms with Crippen LogP contribution in [-0.4, -0.2) is 5.78 Å². The molecule has 0 aromatic heterocycles. The lowest BCUT2D eigenvalue weighted by molar-refractivity contribution is -0.112. The van der Waals surface area contributed by atoms with Gasteiger partial charge in [0.05, 0.1) is 6.07 Å². The summed E-state index contributed by atoms with van der Waals surface area (Å²) in [4.78, 5) is 10.5. The fourth-order valence-corrected chi connectivity index (χ4v) is 2.81. The Bertz CT molecular complexity index is 341. The molecular weight excluding hydrogens is 318 g/mol. The number of carbonyl (C=O) groups is 1. The number of rotatable bonds is 17. The number of allylic oxidation sites excluding steroid dienone is 2. The quantitative estimate of drug-likeness (QED) is 0.192. The van der Waals surface area contributed by atoms with Crippen LogP contribution in [0.1, 0.15) is 130 Å².